The summed E-state index contributed by atoms with van der Waals surface area (Å²) in [7, 11) is -5.66. The molecule has 1 saturated carbocycles. The molecular weight excluding hydrogens is 302 g/mol. The Hall–Kier alpha value is -0.220. The molecule has 0 radical (unpaired) electrons. The molecule has 9 heteroatoms. The van der Waals surface area contributed by atoms with E-state index in [9.17, 15) is 16.8 Å². The van der Waals surface area contributed by atoms with Crippen molar-refractivity contribution in [3.05, 3.63) is 0 Å². The molecule has 118 valence electrons. The molecule has 1 heterocycles. The lowest BCUT2D eigenvalue weighted by atomic mass is 9.96. The lowest BCUT2D eigenvalue weighted by molar-refractivity contribution is 0.269. The minimum Gasteiger partial charge on any atom is -0.228 e. The van der Waals surface area contributed by atoms with Crippen LogP contribution in [0.1, 0.15) is 38.5 Å². The summed E-state index contributed by atoms with van der Waals surface area (Å²) >= 11 is 0. The van der Waals surface area contributed by atoms with Crippen molar-refractivity contribution in [2.45, 2.75) is 49.8 Å². The van der Waals surface area contributed by atoms with Crippen LogP contribution in [0.3, 0.4) is 0 Å². The van der Waals surface area contributed by atoms with Gasteiger partial charge in [-0.3, -0.25) is 0 Å². The third-order valence-corrected chi connectivity index (χ3v) is 7.68. The molecule has 1 aliphatic heterocycles. The van der Waals surface area contributed by atoms with Gasteiger partial charge >= 0.3 is 0 Å². The maximum absolute atomic E-state index is 12.5. The Balaban J connectivity index is 2.07. The maximum Gasteiger partial charge on any atom is 0.282 e. The molecule has 2 aliphatic rings. The minimum atomic E-state index is -3.67. The first-order chi connectivity index (χ1) is 9.23. The fourth-order valence-corrected chi connectivity index (χ4v) is 5.56. The van der Waals surface area contributed by atoms with Crippen molar-refractivity contribution in [2.24, 2.45) is 5.14 Å². The van der Waals surface area contributed by atoms with Crippen molar-refractivity contribution >= 4 is 20.2 Å². The Morgan fingerprint density at radius 1 is 1.05 bits per heavy atom. The molecule has 2 rings (SSSR count). The number of nitrogens with zero attached hydrogens (tertiary/aromatic N) is 2. The van der Waals surface area contributed by atoms with Gasteiger partial charge in [0.15, 0.2) is 0 Å². The number of rotatable bonds is 4. The molecule has 0 amide bonds. The number of hydrogen-bond donors (Lipinski definition) is 1. The zero-order chi connectivity index (χ0) is 15.0. The number of hydrogen-bond acceptors (Lipinski definition) is 4. The van der Waals surface area contributed by atoms with Crippen LogP contribution in [-0.4, -0.2) is 56.9 Å². The van der Waals surface area contributed by atoms with E-state index in [2.05, 4.69) is 0 Å². The molecule has 1 saturated heterocycles. The van der Waals surface area contributed by atoms with Crippen molar-refractivity contribution in [2.75, 3.05) is 20.1 Å². The molecule has 0 bridgehead atoms. The highest BCUT2D eigenvalue weighted by Gasteiger charge is 2.40. The first-order valence-corrected chi connectivity index (χ1v) is 9.98. The average Bonchev–Trinajstić information content (AvgIpc) is 2.89. The summed E-state index contributed by atoms with van der Waals surface area (Å²) in [6, 6.07) is 0.0299. The molecule has 7 nitrogen and oxygen atoms in total. The third kappa shape index (κ3) is 3.33. The predicted molar refractivity (Wildman–Crippen MR) is 76.6 cm³/mol. The first-order valence-electron chi connectivity index (χ1n) is 6.97. The topological polar surface area (TPSA) is 101 Å². The van der Waals surface area contributed by atoms with Crippen LogP contribution < -0.4 is 5.14 Å². The van der Waals surface area contributed by atoms with Crippen LogP contribution in [0.4, 0.5) is 0 Å². The molecule has 2 fully saturated rings. The molecular formula is C11H23N3O4S2. The van der Waals surface area contributed by atoms with Gasteiger partial charge in [-0.05, 0) is 19.3 Å². The highest BCUT2D eigenvalue weighted by Crippen LogP contribution is 2.27. The molecule has 20 heavy (non-hydrogen) atoms. The van der Waals surface area contributed by atoms with Crippen molar-refractivity contribution in [1.82, 2.24) is 8.61 Å². The fourth-order valence-electron chi connectivity index (χ4n) is 2.99. The first kappa shape index (κ1) is 16.2. The van der Waals surface area contributed by atoms with E-state index in [0.717, 1.165) is 32.1 Å². The summed E-state index contributed by atoms with van der Waals surface area (Å²) in [5, 5.41) is 4.32. The summed E-state index contributed by atoms with van der Waals surface area (Å²) in [5.41, 5.74) is 0. The monoisotopic (exact) mass is 325 g/mol. The van der Waals surface area contributed by atoms with E-state index in [1.807, 2.05) is 0 Å². The standard InChI is InChI=1S/C11H23N3O4S2/c1-13(10-5-3-2-4-6-10)20(17,18)14-8-7-11(9-14)19(12,15)16/h10-11H,2-9H2,1H3,(H2,12,15,16). The van der Waals surface area contributed by atoms with Crippen LogP contribution in [0.2, 0.25) is 0 Å². The fraction of sp³-hybridized carbons (Fsp3) is 1.00. The highest BCUT2D eigenvalue weighted by molar-refractivity contribution is 7.90. The van der Waals surface area contributed by atoms with E-state index in [0.29, 0.717) is 0 Å². The van der Waals surface area contributed by atoms with Gasteiger partial charge in [-0.1, -0.05) is 19.3 Å². The van der Waals surface area contributed by atoms with Gasteiger partial charge in [-0.2, -0.15) is 17.0 Å². The van der Waals surface area contributed by atoms with E-state index in [4.69, 9.17) is 5.14 Å². The quantitative estimate of drug-likeness (QED) is 0.777. The summed E-state index contributed by atoms with van der Waals surface area (Å²) in [6.45, 7) is 0.193. The van der Waals surface area contributed by atoms with E-state index >= 15 is 0 Å². The zero-order valence-electron chi connectivity index (χ0n) is 11.7. The van der Waals surface area contributed by atoms with Gasteiger partial charge in [0.25, 0.3) is 10.2 Å². The lowest BCUT2D eigenvalue weighted by Gasteiger charge is -2.33. The number of nitrogens with two attached hydrogens (primary N) is 1. The number of primary sulfonamides is 1. The van der Waals surface area contributed by atoms with Crippen molar-refractivity contribution in [3.8, 4) is 0 Å². The van der Waals surface area contributed by atoms with Gasteiger partial charge in [0.05, 0.1) is 5.25 Å². The van der Waals surface area contributed by atoms with Crippen LogP contribution in [0, 0.1) is 0 Å². The van der Waals surface area contributed by atoms with E-state index in [1.54, 1.807) is 7.05 Å². The third-order valence-electron chi connectivity index (χ3n) is 4.35. The van der Waals surface area contributed by atoms with Crippen molar-refractivity contribution in [1.29, 1.82) is 0 Å². The summed E-state index contributed by atoms with van der Waals surface area (Å²) in [5.74, 6) is 0. The van der Waals surface area contributed by atoms with Gasteiger partial charge < -0.3 is 0 Å². The molecule has 2 N–H and O–H groups in total. The van der Waals surface area contributed by atoms with Crippen molar-refractivity contribution < 1.29 is 16.8 Å². The van der Waals surface area contributed by atoms with E-state index in [-0.39, 0.29) is 25.6 Å². The van der Waals surface area contributed by atoms with E-state index < -0.39 is 25.5 Å². The second kappa shape index (κ2) is 5.88. The largest absolute Gasteiger partial charge is 0.282 e. The normalized spacial score (nSPS) is 27.2. The molecule has 0 aromatic rings. The van der Waals surface area contributed by atoms with Gasteiger partial charge in [0, 0.05) is 26.2 Å². The smallest absolute Gasteiger partial charge is 0.228 e. The summed E-state index contributed by atoms with van der Waals surface area (Å²) < 4.78 is 50.3. The summed E-state index contributed by atoms with van der Waals surface area (Å²) in [4.78, 5) is 0. The minimum absolute atomic E-state index is 0.0295. The Kier molecular flexibility index (Phi) is 4.75. The van der Waals surface area contributed by atoms with Gasteiger partial charge in [0.1, 0.15) is 0 Å². The van der Waals surface area contributed by atoms with Gasteiger partial charge in [0.2, 0.25) is 10.0 Å². The molecule has 0 aromatic carbocycles. The average molecular weight is 325 g/mol. The zero-order valence-corrected chi connectivity index (χ0v) is 13.4. The molecule has 0 aromatic heterocycles. The Bertz CT molecular complexity index is 540. The Morgan fingerprint density at radius 2 is 1.65 bits per heavy atom. The van der Waals surface area contributed by atoms with Crippen LogP contribution in [0.25, 0.3) is 0 Å². The summed E-state index contributed by atoms with van der Waals surface area (Å²) in [6.07, 6.45) is 5.27. The highest BCUT2D eigenvalue weighted by atomic mass is 32.2. The molecule has 1 unspecified atom stereocenters. The molecule has 1 atom stereocenters. The second-order valence-electron chi connectivity index (χ2n) is 5.67. The van der Waals surface area contributed by atoms with Crippen LogP contribution in [0.15, 0.2) is 0 Å². The van der Waals surface area contributed by atoms with E-state index in [1.165, 1.54) is 8.61 Å². The van der Waals surface area contributed by atoms with Gasteiger partial charge in [-0.15, -0.1) is 0 Å². The molecule has 0 spiro atoms. The SMILES string of the molecule is CN(C1CCCCC1)S(=O)(=O)N1CCC(S(N)(=O)=O)C1. The second-order valence-corrected chi connectivity index (χ2v) is 9.51. The Labute approximate surface area is 121 Å². The van der Waals surface area contributed by atoms with Gasteiger partial charge in [-0.25, -0.2) is 13.6 Å². The van der Waals surface area contributed by atoms with Crippen molar-refractivity contribution in [3.63, 3.8) is 0 Å². The van der Waals surface area contributed by atoms with Crippen LogP contribution in [0.5, 0.6) is 0 Å². The predicted octanol–water partition coefficient (Wildman–Crippen LogP) is -0.141. The van der Waals surface area contributed by atoms with Crippen LogP contribution >= 0.6 is 0 Å². The maximum atomic E-state index is 12.5. The number of sulfonamides is 1. The van der Waals surface area contributed by atoms with Crippen LogP contribution in [-0.2, 0) is 20.2 Å². The molecule has 1 aliphatic carbocycles. The lowest BCUT2D eigenvalue weighted by Crippen LogP contribution is -2.47. The Morgan fingerprint density at radius 3 is 2.15 bits per heavy atom.